The Bertz CT molecular complexity index is 287. The lowest BCUT2D eigenvalue weighted by Gasteiger charge is -2.42. The molecule has 104 valence electrons. The van der Waals surface area contributed by atoms with E-state index in [2.05, 4.69) is 23.6 Å². The third-order valence-electron chi connectivity index (χ3n) is 5.28. The number of piperidine rings is 1. The van der Waals surface area contributed by atoms with Crippen LogP contribution in [0.5, 0.6) is 0 Å². The summed E-state index contributed by atoms with van der Waals surface area (Å²) in [5.41, 5.74) is 6.21. The maximum atomic E-state index is 6.21. The average Bonchev–Trinajstić information content (AvgIpc) is 3.13. The lowest BCUT2D eigenvalue weighted by Crippen LogP contribution is -2.54. The molecule has 3 heteroatoms. The summed E-state index contributed by atoms with van der Waals surface area (Å²) < 4.78 is 0. The van der Waals surface area contributed by atoms with Gasteiger partial charge in [0, 0.05) is 36.8 Å². The summed E-state index contributed by atoms with van der Waals surface area (Å²) in [4.78, 5) is 5.52. The standard InChI is InChI=1S/C15H29N3/c1-11-9-14(10-18(11)13-6-7-13)17-8-4-3-5-15(17)12(2)16/h11-15H,3-10,16H2,1-2H3. The molecule has 1 saturated carbocycles. The van der Waals surface area contributed by atoms with E-state index in [1.54, 1.807) is 0 Å². The van der Waals surface area contributed by atoms with Crippen molar-refractivity contribution in [1.82, 2.24) is 9.80 Å². The minimum absolute atomic E-state index is 0.329. The molecule has 0 bridgehead atoms. The predicted octanol–water partition coefficient (Wildman–Crippen LogP) is 1.81. The van der Waals surface area contributed by atoms with Gasteiger partial charge in [0.15, 0.2) is 0 Å². The van der Waals surface area contributed by atoms with E-state index in [1.807, 2.05) is 0 Å². The van der Waals surface area contributed by atoms with E-state index in [0.29, 0.717) is 12.1 Å². The maximum Gasteiger partial charge on any atom is 0.0247 e. The molecule has 1 aliphatic carbocycles. The van der Waals surface area contributed by atoms with Crippen molar-refractivity contribution in [3.8, 4) is 0 Å². The molecule has 3 fully saturated rings. The second-order valence-corrected chi connectivity index (χ2v) is 6.83. The second-order valence-electron chi connectivity index (χ2n) is 6.83. The van der Waals surface area contributed by atoms with E-state index in [9.17, 15) is 0 Å². The van der Waals surface area contributed by atoms with Gasteiger partial charge < -0.3 is 5.73 Å². The maximum absolute atomic E-state index is 6.21. The smallest absolute Gasteiger partial charge is 0.0247 e. The van der Waals surface area contributed by atoms with Crippen LogP contribution in [0, 0.1) is 0 Å². The van der Waals surface area contributed by atoms with Crippen LogP contribution in [0.15, 0.2) is 0 Å². The van der Waals surface area contributed by atoms with Gasteiger partial charge in [-0.25, -0.2) is 0 Å². The predicted molar refractivity (Wildman–Crippen MR) is 75.6 cm³/mol. The molecule has 4 unspecified atom stereocenters. The normalized spacial score (nSPS) is 41.2. The highest BCUT2D eigenvalue weighted by Gasteiger charge is 2.42. The first-order chi connectivity index (χ1) is 8.66. The van der Waals surface area contributed by atoms with E-state index in [4.69, 9.17) is 5.73 Å². The Morgan fingerprint density at radius 2 is 1.83 bits per heavy atom. The van der Waals surface area contributed by atoms with Gasteiger partial charge in [-0.2, -0.15) is 0 Å². The molecular formula is C15H29N3. The van der Waals surface area contributed by atoms with Crippen LogP contribution in [-0.2, 0) is 0 Å². The fourth-order valence-corrected chi connectivity index (χ4v) is 4.18. The Balaban J connectivity index is 1.65. The lowest BCUT2D eigenvalue weighted by molar-refractivity contribution is 0.0832. The topological polar surface area (TPSA) is 32.5 Å². The summed E-state index contributed by atoms with van der Waals surface area (Å²) in [5, 5.41) is 0. The van der Waals surface area contributed by atoms with Crippen LogP contribution in [0.4, 0.5) is 0 Å². The van der Waals surface area contributed by atoms with Gasteiger partial charge >= 0.3 is 0 Å². The van der Waals surface area contributed by atoms with Crippen molar-refractivity contribution in [1.29, 1.82) is 0 Å². The average molecular weight is 251 g/mol. The molecule has 0 spiro atoms. The van der Waals surface area contributed by atoms with Crippen molar-refractivity contribution < 1.29 is 0 Å². The zero-order valence-corrected chi connectivity index (χ0v) is 12.0. The Morgan fingerprint density at radius 1 is 1.06 bits per heavy atom. The van der Waals surface area contributed by atoms with E-state index in [1.165, 1.54) is 51.6 Å². The highest BCUT2D eigenvalue weighted by molar-refractivity contribution is 4.99. The molecule has 0 aromatic carbocycles. The summed E-state index contributed by atoms with van der Waals surface area (Å²) in [7, 11) is 0. The zero-order chi connectivity index (χ0) is 12.7. The lowest BCUT2D eigenvalue weighted by atomic mass is 9.94. The zero-order valence-electron chi connectivity index (χ0n) is 12.0. The fourth-order valence-electron chi connectivity index (χ4n) is 4.18. The van der Waals surface area contributed by atoms with Crippen LogP contribution in [0.25, 0.3) is 0 Å². The number of rotatable bonds is 3. The van der Waals surface area contributed by atoms with Crippen molar-refractivity contribution >= 4 is 0 Å². The van der Waals surface area contributed by atoms with Gasteiger partial charge in [0.2, 0.25) is 0 Å². The third kappa shape index (κ3) is 2.45. The molecule has 4 atom stereocenters. The van der Waals surface area contributed by atoms with Crippen LogP contribution in [0.2, 0.25) is 0 Å². The van der Waals surface area contributed by atoms with Crippen molar-refractivity contribution in [3.63, 3.8) is 0 Å². The molecule has 0 aromatic rings. The summed E-state index contributed by atoms with van der Waals surface area (Å²) in [5.74, 6) is 0. The summed E-state index contributed by atoms with van der Waals surface area (Å²) in [6, 6.07) is 3.45. The van der Waals surface area contributed by atoms with Crippen LogP contribution in [0.3, 0.4) is 0 Å². The highest BCUT2D eigenvalue weighted by atomic mass is 15.3. The van der Waals surface area contributed by atoms with E-state index >= 15 is 0 Å². The van der Waals surface area contributed by atoms with Crippen molar-refractivity contribution in [2.75, 3.05) is 13.1 Å². The minimum Gasteiger partial charge on any atom is -0.327 e. The molecule has 2 saturated heterocycles. The first-order valence-corrected chi connectivity index (χ1v) is 7.94. The summed E-state index contributed by atoms with van der Waals surface area (Å²) in [6.07, 6.45) is 8.29. The van der Waals surface area contributed by atoms with Gasteiger partial charge in [0.1, 0.15) is 0 Å². The van der Waals surface area contributed by atoms with Gasteiger partial charge in [-0.3, -0.25) is 9.80 Å². The first-order valence-electron chi connectivity index (χ1n) is 7.94. The van der Waals surface area contributed by atoms with E-state index in [0.717, 1.165) is 18.1 Å². The highest BCUT2D eigenvalue weighted by Crippen LogP contribution is 2.36. The van der Waals surface area contributed by atoms with Crippen LogP contribution < -0.4 is 5.73 Å². The van der Waals surface area contributed by atoms with Crippen LogP contribution in [0.1, 0.15) is 52.4 Å². The Kier molecular flexibility index (Phi) is 3.65. The Morgan fingerprint density at radius 3 is 2.50 bits per heavy atom. The second kappa shape index (κ2) is 5.10. The molecule has 3 rings (SSSR count). The van der Waals surface area contributed by atoms with Gasteiger partial charge in [-0.15, -0.1) is 0 Å². The molecule has 18 heavy (non-hydrogen) atoms. The van der Waals surface area contributed by atoms with Crippen molar-refractivity contribution in [2.45, 2.75) is 82.6 Å². The molecule has 0 amide bonds. The van der Waals surface area contributed by atoms with Gasteiger partial charge in [-0.05, 0) is 52.5 Å². The molecule has 0 radical (unpaired) electrons. The molecule has 0 aromatic heterocycles. The molecule has 3 nitrogen and oxygen atoms in total. The van der Waals surface area contributed by atoms with Gasteiger partial charge in [0.05, 0.1) is 0 Å². The number of nitrogens with two attached hydrogens (primary N) is 1. The summed E-state index contributed by atoms with van der Waals surface area (Å²) in [6.45, 7) is 7.19. The Labute approximate surface area is 112 Å². The SMILES string of the molecule is CC(N)C1CCCCN1C1CC(C)N(C2CC2)C1. The molecule has 2 heterocycles. The number of nitrogens with zero attached hydrogens (tertiary/aromatic N) is 2. The fraction of sp³-hybridized carbons (Fsp3) is 1.00. The Hall–Kier alpha value is -0.120. The molecular weight excluding hydrogens is 222 g/mol. The molecule has 2 N–H and O–H groups in total. The van der Waals surface area contributed by atoms with Gasteiger partial charge in [-0.1, -0.05) is 6.42 Å². The number of likely N-dealkylation sites (tertiary alicyclic amines) is 2. The molecule has 2 aliphatic heterocycles. The third-order valence-corrected chi connectivity index (χ3v) is 5.28. The number of hydrogen-bond donors (Lipinski definition) is 1. The van der Waals surface area contributed by atoms with Crippen molar-refractivity contribution in [3.05, 3.63) is 0 Å². The van der Waals surface area contributed by atoms with E-state index in [-0.39, 0.29) is 0 Å². The van der Waals surface area contributed by atoms with E-state index < -0.39 is 0 Å². The minimum atomic E-state index is 0.329. The molecule has 3 aliphatic rings. The monoisotopic (exact) mass is 251 g/mol. The quantitative estimate of drug-likeness (QED) is 0.830. The number of hydrogen-bond acceptors (Lipinski definition) is 3. The van der Waals surface area contributed by atoms with Crippen molar-refractivity contribution in [2.24, 2.45) is 5.73 Å². The van der Waals surface area contributed by atoms with Gasteiger partial charge in [0.25, 0.3) is 0 Å². The summed E-state index contributed by atoms with van der Waals surface area (Å²) >= 11 is 0. The van der Waals surface area contributed by atoms with Crippen LogP contribution >= 0.6 is 0 Å². The largest absolute Gasteiger partial charge is 0.327 e. The van der Waals surface area contributed by atoms with Crippen LogP contribution in [-0.4, -0.2) is 53.1 Å². The first kappa shape index (κ1) is 12.9.